The number of hydrogen-bond donors (Lipinski definition) is 2. The molecule has 1 aliphatic carbocycles. The van der Waals surface area contributed by atoms with Crippen LogP contribution in [0.1, 0.15) is 50.0 Å². The van der Waals surface area contributed by atoms with Crippen LogP contribution in [0, 0.1) is 11.7 Å². The number of aromatic carboxylic acids is 1. The number of benzene rings is 1. The van der Waals surface area contributed by atoms with Crippen LogP contribution in [0.15, 0.2) is 17.1 Å². The topological polar surface area (TPSA) is 110 Å². The van der Waals surface area contributed by atoms with Gasteiger partial charge in [0.05, 0.1) is 30.5 Å². The third-order valence-electron chi connectivity index (χ3n) is 6.22. The van der Waals surface area contributed by atoms with Crippen LogP contribution in [0.4, 0.5) is 23.7 Å². The van der Waals surface area contributed by atoms with E-state index in [2.05, 4.69) is 5.32 Å². The molecule has 1 amide bonds. The smallest absolute Gasteiger partial charge is 0.407 e. The molecule has 2 aromatic rings. The lowest BCUT2D eigenvalue weighted by Crippen LogP contribution is -2.40. The minimum atomic E-state index is -3.27. The van der Waals surface area contributed by atoms with Crippen LogP contribution in [0.3, 0.4) is 0 Å². The summed E-state index contributed by atoms with van der Waals surface area (Å²) in [6.45, 7) is 3.40. The van der Waals surface area contributed by atoms with Crippen molar-refractivity contribution in [3.05, 3.63) is 33.9 Å². The fourth-order valence-corrected chi connectivity index (χ4v) is 4.48. The molecular weight excluding hydrogens is 483 g/mol. The molecule has 2 N–H and O–H groups in total. The zero-order chi connectivity index (χ0) is 26.6. The van der Waals surface area contributed by atoms with E-state index in [9.17, 15) is 28.3 Å². The lowest BCUT2D eigenvalue weighted by Gasteiger charge is -2.24. The molecule has 196 valence electrons. The summed E-state index contributed by atoms with van der Waals surface area (Å²) in [5.41, 5.74) is -2.28. The Morgan fingerprint density at radius 2 is 1.94 bits per heavy atom. The molecule has 1 aromatic heterocycles. The third kappa shape index (κ3) is 4.80. The molecule has 4 rings (SSSR count). The molecule has 9 nitrogen and oxygen atoms in total. The molecule has 1 aliphatic heterocycles. The molecule has 1 saturated heterocycles. The van der Waals surface area contributed by atoms with Gasteiger partial charge in [0.2, 0.25) is 5.43 Å². The number of hydrogen-bond acceptors (Lipinski definition) is 6. The van der Waals surface area contributed by atoms with E-state index in [0.717, 1.165) is 11.0 Å². The van der Waals surface area contributed by atoms with Gasteiger partial charge < -0.3 is 29.4 Å². The molecule has 0 radical (unpaired) electrons. The number of halogens is 3. The van der Waals surface area contributed by atoms with Crippen LogP contribution in [-0.2, 0) is 4.74 Å². The maximum Gasteiger partial charge on any atom is 0.407 e. The SMILES string of the molecule is COc1c(N2CC(CNC(=O)OC(C)(C)C)C(F)(F)C2)c(F)cc2c(=O)c(C(=O)O)cn(C3CC3)c12. The summed E-state index contributed by atoms with van der Waals surface area (Å²) in [7, 11) is 1.24. The zero-order valence-corrected chi connectivity index (χ0v) is 20.4. The molecule has 0 spiro atoms. The van der Waals surface area contributed by atoms with E-state index in [-0.39, 0.29) is 34.9 Å². The van der Waals surface area contributed by atoms with Crippen LogP contribution in [-0.4, -0.2) is 60.0 Å². The number of alkyl carbamates (subject to hydrolysis) is 1. The van der Waals surface area contributed by atoms with Crippen LogP contribution in [0.25, 0.3) is 10.9 Å². The van der Waals surface area contributed by atoms with Crippen LogP contribution in [0.2, 0.25) is 0 Å². The number of carbonyl (C=O) groups is 2. The first kappa shape index (κ1) is 25.6. The fourth-order valence-electron chi connectivity index (χ4n) is 4.48. The summed E-state index contributed by atoms with van der Waals surface area (Å²) >= 11 is 0. The molecule has 2 aliphatic rings. The quantitative estimate of drug-likeness (QED) is 0.608. The predicted octanol–water partition coefficient (Wildman–Crippen LogP) is 3.78. The zero-order valence-electron chi connectivity index (χ0n) is 20.4. The third-order valence-corrected chi connectivity index (χ3v) is 6.22. The van der Waals surface area contributed by atoms with Crippen LogP contribution >= 0.6 is 0 Å². The number of alkyl halides is 2. The van der Waals surface area contributed by atoms with Gasteiger partial charge in [0, 0.05) is 25.3 Å². The Kier molecular flexibility index (Phi) is 6.34. The van der Waals surface area contributed by atoms with Crippen molar-refractivity contribution in [1.29, 1.82) is 0 Å². The first-order valence-electron chi connectivity index (χ1n) is 11.5. The number of aromatic nitrogens is 1. The first-order valence-corrected chi connectivity index (χ1v) is 11.5. The van der Waals surface area contributed by atoms with E-state index in [0.29, 0.717) is 12.8 Å². The Morgan fingerprint density at radius 3 is 2.50 bits per heavy atom. The van der Waals surface area contributed by atoms with Crippen molar-refractivity contribution in [2.75, 3.05) is 31.6 Å². The highest BCUT2D eigenvalue weighted by atomic mass is 19.3. The molecule has 1 atom stereocenters. The number of ether oxygens (including phenoxy) is 2. The summed E-state index contributed by atoms with van der Waals surface area (Å²) in [6, 6.07) is 0.759. The predicted molar refractivity (Wildman–Crippen MR) is 125 cm³/mol. The van der Waals surface area contributed by atoms with Gasteiger partial charge in [-0.3, -0.25) is 4.79 Å². The highest BCUT2D eigenvalue weighted by Crippen LogP contribution is 2.46. The molecular formula is C24H28F3N3O6. The highest BCUT2D eigenvalue weighted by Gasteiger charge is 2.49. The number of nitrogens with one attached hydrogen (secondary N) is 1. The summed E-state index contributed by atoms with van der Waals surface area (Å²) in [6.07, 6.45) is 1.79. The van der Waals surface area contributed by atoms with Gasteiger partial charge in [-0.1, -0.05) is 0 Å². The molecule has 1 aromatic carbocycles. The summed E-state index contributed by atoms with van der Waals surface area (Å²) in [5, 5.41) is 11.6. The minimum absolute atomic E-state index is 0.121. The van der Waals surface area contributed by atoms with Crippen molar-refractivity contribution in [3.8, 4) is 5.75 Å². The number of anilines is 1. The van der Waals surface area contributed by atoms with Gasteiger partial charge in [-0.25, -0.2) is 22.8 Å². The van der Waals surface area contributed by atoms with E-state index in [1.54, 1.807) is 25.3 Å². The average molecular weight is 511 g/mol. The van der Waals surface area contributed by atoms with Gasteiger partial charge in [0.15, 0.2) is 11.6 Å². The Balaban J connectivity index is 1.73. The number of carboxylic acids is 1. The second-order valence-corrected chi connectivity index (χ2v) is 10.2. The van der Waals surface area contributed by atoms with E-state index in [1.807, 2.05) is 0 Å². The molecule has 1 unspecified atom stereocenters. The number of pyridine rings is 1. The molecule has 12 heteroatoms. The van der Waals surface area contributed by atoms with Gasteiger partial charge in [-0.15, -0.1) is 0 Å². The second kappa shape index (κ2) is 8.90. The van der Waals surface area contributed by atoms with E-state index in [1.165, 1.54) is 13.3 Å². The number of carboxylic acid groups (broad SMARTS) is 1. The van der Waals surface area contributed by atoms with E-state index in [4.69, 9.17) is 9.47 Å². The van der Waals surface area contributed by atoms with E-state index >= 15 is 4.39 Å². The van der Waals surface area contributed by atoms with Crippen molar-refractivity contribution in [1.82, 2.24) is 9.88 Å². The number of rotatable bonds is 6. The lowest BCUT2D eigenvalue weighted by atomic mass is 10.1. The Labute approximate surface area is 204 Å². The lowest BCUT2D eigenvalue weighted by molar-refractivity contribution is -0.0208. The summed E-state index contributed by atoms with van der Waals surface area (Å²) in [5.74, 6) is -7.17. The Morgan fingerprint density at radius 1 is 1.28 bits per heavy atom. The van der Waals surface area contributed by atoms with Gasteiger partial charge in [0.25, 0.3) is 5.92 Å². The standard InChI is InChI=1S/C24H28F3N3O6/c1-23(2,3)36-22(34)28-8-12-9-29(11-24(12,26)27)18-16(25)7-14-17(20(18)35-4)30(13-5-6-13)10-15(19(14)31)21(32)33/h7,10,12-13H,5-6,8-9,11H2,1-4H3,(H,28,34)(H,32,33). The highest BCUT2D eigenvalue weighted by molar-refractivity contribution is 5.97. The monoisotopic (exact) mass is 511 g/mol. The molecule has 0 bridgehead atoms. The summed E-state index contributed by atoms with van der Waals surface area (Å²) in [4.78, 5) is 37.5. The van der Waals surface area contributed by atoms with Crippen LogP contribution < -0.4 is 20.4 Å². The normalized spacial score (nSPS) is 19.4. The second-order valence-electron chi connectivity index (χ2n) is 10.2. The maximum absolute atomic E-state index is 15.4. The van der Waals surface area contributed by atoms with Crippen molar-refractivity contribution in [2.45, 2.75) is 51.2 Å². The van der Waals surface area contributed by atoms with Gasteiger partial charge in [-0.2, -0.15) is 0 Å². The van der Waals surface area contributed by atoms with Crippen molar-refractivity contribution in [2.24, 2.45) is 5.92 Å². The van der Waals surface area contributed by atoms with Crippen molar-refractivity contribution >= 4 is 28.7 Å². The first-order chi connectivity index (χ1) is 16.7. The van der Waals surface area contributed by atoms with Crippen LogP contribution in [0.5, 0.6) is 5.75 Å². The number of carbonyl (C=O) groups excluding carboxylic acids is 1. The minimum Gasteiger partial charge on any atom is -0.492 e. The molecule has 36 heavy (non-hydrogen) atoms. The Bertz CT molecular complexity index is 1280. The van der Waals surface area contributed by atoms with E-state index < -0.39 is 59.4 Å². The number of fused-ring (bicyclic) bond motifs is 1. The number of nitrogens with zero attached hydrogens (tertiary/aromatic N) is 2. The number of methoxy groups -OCH3 is 1. The van der Waals surface area contributed by atoms with Gasteiger partial charge in [-0.05, 0) is 39.7 Å². The summed E-state index contributed by atoms with van der Waals surface area (Å²) < 4.78 is 57.4. The van der Waals surface area contributed by atoms with Crippen molar-refractivity contribution < 1.29 is 37.3 Å². The largest absolute Gasteiger partial charge is 0.492 e. The van der Waals surface area contributed by atoms with Gasteiger partial charge >= 0.3 is 12.1 Å². The van der Waals surface area contributed by atoms with Crippen molar-refractivity contribution in [3.63, 3.8) is 0 Å². The molecule has 2 heterocycles. The molecule has 1 saturated carbocycles. The average Bonchev–Trinajstić information content (AvgIpc) is 3.54. The Hall–Kier alpha value is -3.44. The fraction of sp³-hybridized carbons (Fsp3) is 0.542. The van der Waals surface area contributed by atoms with Gasteiger partial charge in [0.1, 0.15) is 16.9 Å². The maximum atomic E-state index is 15.4. The molecule has 2 fully saturated rings. The number of amides is 1.